The Hall–Kier alpha value is 0.250. The fourth-order valence-corrected chi connectivity index (χ4v) is 0.744. The minimum Gasteiger partial charge on any atom is -0.328 e. The van der Waals surface area contributed by atoms with Gasteiger partial charge >= 0.3 is 0 Å². The van der Waals surface area contributed by atoms with Gasteiger partial charge < -0.3 is 5.73 Å². The average molecular weight is 138 g/mol. The Morgan fingerprint density at radius 3 is 1.62 bits per heavy atom. The van der Waals surface area contributed by atoms with Crippen molar-refractivity contribution < 1.29 is 0 Å². The zero-order valence-corrected chi connectivity index (χ0v) is 6.66. The Bertz CT molecular complexity index is 37.8. The Labute approximate surface area is 58.1 Å². The maximum atomic E-state index is 5.49. The van der Waals surface area contributed by atoms with Crippen LogP contribution in [0.2, 0.25) is 0 Å². The number of hydrogen-bond donors (Lipinski definition) is 1. The van der Waals surface area contributed by atoms with Crippen LogP contribution in [0, 0.1) is 5.92 Å². The molecule has 1 nitrogen and oxygen atoms in total. The minimum atomic E-state index is 0. The van der Waals surface area contributed by atoms with Gasteiger partial charge in [0.1, 0.15) is 0 Å². The van der Waals surface area contributed by atoms with E-state index in [0.717, 1.165) is 12.3 Å². The van der Waals surface area contributed by atoms with E-state index in [1.54, 1.807) is 0 Å². The molecule has 0 unspecified atom stereocenters. The molecule has 0 saturated heterocycles. The molecule has 0 spiro atoms. The second-order valence-electron chi connectivity index (χ2n) is 2.61. The van der Waals surface area contributed by atoms with Gasteiger partial charge in [0.15, 0.2) is 0 Å². The van der Waals surface area contributed by atoms with Crippen LogP contribution in [-0.4, -0.2) is 6.04 Å². The van der Waals surface area contributed by atoms with Gasteiger partial charge in [-0.3, -0.25) is 0 Å². The lowest BCUT2D eigenvalue weighted by Crippen LogP contribution is -2.16. The molecule has 0 rings (SSSR count). The van der Waals surface area contributed by atoms with Crippen molar-refractivity contribution in [3.63, 3.8) is 0 Å². The van der Waals surface area contributed by atoms with Crippen LogP contribution in [0.25, 0.3) is 0 Å². The van der Waals surface area contributed by atoms with Crippen molar-refractivity contribution in [1.29, 1.82) is 0 Å². The third kappa shape index (κ3) is 9.54. The maximum Gasteiger partial charge on any atom is 0.00129 e. The normalized spacial score (nSPS) is 13.1. The topological polar surface area (TPSA) is 26.0 Å². The lowest BCUT2D eigenvalue weighted by Gasteiger charge is -2.05. The third-order valence-electron chi connectivity index (χ3n) is 0.843. The highest BCUT2D eigenvalue weighted by molar-refractivity contribution is 5.85. The number of nitrogens with two attached hydrogens (primary N) is 1. The SMILES string of the molecule is CC(C)C[C@H](C)N.Cl. The summed E-state index contributed by atoms with van der Waals surface area (Å²) >= 11 is 0. The van der Waals surface area contributed by atoms with Crippen molar-refractivity contribution in [1.82, 2.24) is 0 Å². The molecule has 0 aliphatic rings. The average Bonchev–Trinajstić information content (AvgIpc) is 1.27. The first-order chi connectivity index (χ1) is 3.13. The standard InChI is InChI=1S/C6H15N.ClH/c1-5(2)4-6(3)7;/h5-6H,4,7H2,1-3H3;1H/t6-;/m0./s1. The minimum absolute atomic E-state index is 0. The molecular formula is C6H16ClN. The fraction of sp³-hybridized carbons (Fsp3) is 1.00. The Balaban J connectivity index is 0. The van der Waals surface area contributed by atoms with Crippen molar-refractivity contribution in [3.8, 4) is 0 Å². The fourth-order valence-electron chi connectivity index (χ4n) is 0.744. The van der Waals surface area contributed by atoms with Gasteiger partial charge in [0.25, 0.3) is 0 Å². The van der Waals surface area contributed by atoms with Gasteiger partial charge in [-0.25, -0.2) is 0 Å². The van der Waals surface area contributed by atoms with E-state index in [9.17, 15) is 0 Å². The zero-order chi connectivity index (χ0) is 5.86. The molecule has 0 saturated carbocycles. The van der Waals surface area contributed by atoms with E-state index in [2.05, 4.69) is 13.8 Å². The van der Waals surface area contributed by atoms with Crippen molar-refractivity contribution in [2.24, 2.45) is 11.7 Å². The second kappa shape index (κ2) is 5.39. The van der Waals surface area contributed by atoms with Crippen LogP contribution in [0.15, 0.2) is 0 Å². The molecule has 8 heavy (non-hydrogen) atoms. The van der Waals surface area contributed by atoms with Crippen molar-refractivity contribution in [2.75, 3.05) is 0 Å². The summed E-state index contributed by atoms with van der Waals surface area (Å²) in [6.45, 7) is 6.41. The molecule has 0 amide bonds. The van der Waals surface area contributed by atoms with Gasteiger partial charge in [0.2, 0.25) is 0 Å². The summed E-state index contributed by atoms with van der Waals surface area (Å²) in [7, 11) is 0. The molecule has 2 heteroatoms. The molecule has 0 aliphatic heterocycles. The quantitative estimate of drug-likeness (QED) is 0.617. The molecule has 0 bridgehead atoms. The highest BCUT2D eigenvalue weighted by Gasteiger charge is 1.95. The lowest BCUT2D eigenvalue weighted by molar-refractivity contribution is 0.520. The molecule has 1 atom stereocenters. The van der Waals surface area contributed by atoms with Crippen LogP contribution in [0.4, 0.5) is 0 Å². The molecule has 0 fully saturated rings. The zero-order valence-electron chi connectivity index (χ0n) is 5.85. The van der Waals surface area contributed by atoms with E-state index in [1.165, 1.54) is 0 Å². The van der Waals surface area contributed by atoms with Gasteiger partial charge in [-0.1, -0.05) is 13.8 Å². The number of hydrogen-bond acceptors (Lipinski definition) is 1. The van der Waals surface area contributed by atoms with E-state index >= 15 is 0 Å². The van der Waals surface area contributed by atoms with Crippen LogP contribution in [0.3, 0.4) is 0 Å². The summed E-state index contributed by atoms with van der Waals surface area (Å²) < 4.78 is 0. The molecule has 2 N–H and O–H groups in total. The maximum absolute atomic E-state index is 5.49. The van der Waals surface area contributed by atoms with Crippen LogP contribution in [-0.2, 0) is 0 Å². The Kier molecular flexibility index (Phi) is 7.48. The van der Waals surface area contributed by atoms with Crippen LogP contribution in [0.5, 0.6) is 0 Å². The number of halogens is 1. The first-order valence-electron chi connectivity index (χ1n) is 2.88. The Morgan fingerprint density at radius 1 is 1.25 bits per heavy atom. The molecule has 0 radical (unpaired) electrons. The summed E-state index contributed by atoms with van der Waals surface area (Å²) in [4.78, 5) is 0. The van der Waals surface area contributed by atoms with Crippen LogP contribution < -0.4 is 5.73 Å². The highest BCUT2D eigenvalue weighted by Crippen LogP contribution is 2.00. The van der Waals surface area contributed by atoms with E-state index in [4.69, 9.17) is 5.73 Å². The first-order valence-corrected chi connectivity index (χ1v) is 2.88. The summed E-state index contributed by atoms with van der Waals surface area (Å²) in [6.07, 6.45) is 1.14. The third-order valence-corrected chi connectivity index (χ3v) is 0.843. The molecule has 0 aromatic rings. The largest absolute Gasteiger partial charge is 0.328 e. The van der Waals surface area contributed by atoms with Gasteiger partial charge in [0, 0.05) is 6.04 Å². The van der Waals surface area contributed by atoms with E-state index < -0.39 is 0 Å². The molecular weight excluding hydrogens is 122 g/mol. The van der Waals surface area contributed by atoms with Gasteiger partial charge in [-0.05, 0) is 19.3 Å². The molecule has 52 valence electrons. The monoisotopic (exact) mass is 137 g/mol. The predicted octanol–water partition coefficient (Wildman–Crippen LogP) is 1.80. The van der Waals surface area contributed by atoms with Crippen molar-refractivity contribution >= 4 is 12.4 Å². The van der Waals surface area contributed by atoms with Gasteiger partial charge in [0.05, 0.1) is 0 Å². The molecule has 0 aromatic heterocycles. The summed E-state index contributed by atoms with van der Waals surface area (Å²) in [5.74, 6) is 0.750. The summed E-state index contributed by atoms with van der Waals surface area (Å²) in [5.41, 5.74) is 5.49. The first kappa shape index (κ1) is 11.1. The van der Waals surface area contributed by atoms with Crippen LogP contribution in [0.1, 0.15) is 27.2 Å². The van der Waals surface area contributed by atoms with E-state index in [1.807, 2.05) is 6.92 Å². The second-order valence-corrected chi connectivity index (χ2v) is 2.61. The lowest BCUT2D eigenvalue weighted by atomic mass is 10.1. The van der Waals surface area contributed by atoms with Gasteiger partial charge in [-0.2, -0.15) is 0 Å². The van der Waals surface area contributed by atoms with Gasteiger partial charge in [-0.15, -0.1) is 12.4 Å². The van der Waals surface area contributed by atoms with Crippen molar-refractivity contribution in [3.05, 3.63) is 0 Å². The van der Waals surface area contributed by atoms with Crippen molar-refractivity contribution in [2.45, 2.75) is 33.2 Å². The molecule has 0 aromatic carbocycles. The van der Waals surface area contributed by atoms with E-state index in [0.29, 0.717) is 6.04 Å². The van der Waals surface area contributed by atoms with E-state index in [-0.39, 0.29) is 12.4 Å². The highest BCUT2D eigenvalue weighted by atomic mass is 35.5. The smallest absolute Gasteiger partial charge is 0.00129 e. The molecule has 0 aliphatic carbocycles. The Morgan fingerprint density at radius 2 is 1.62 bits per heavy atom. The summed E-state index contributed by atoms with van der Waals surface area (Å²) in [5, 5.41) is 0. The number of rotatable bonds is 2. The summed E-state index contributed by atoms with van der Waals surface area (Å²) in [6, 6.07) is 0.375. The van der Waals surface area contributed by atoms with Crippen LogP contribution >= 0.6 is 12.4 Å². The molecule has 0 heterocycles. The predicted molar refractivity (Wildman–Crippen MR) is 40.4 cm³/mol.